The van der Waals surface area contributed by atoms with Gasteiger partial charge in [-0.2, -0.15) is 5.10 Å². The summed E-state index contributed by atoms with van der Waals surface area (Å²) in [4.78, 5) is 14.8. The zero-order valence-corrected chi connectivity index (χ0v) is 19.8. The van der Waals surface area contributed by atoms with Crippen molar-refractivity contribution in [3.05, 3.63) is 88.2 Å². The van der Waals surface area contributed by atoms with E-state index in [0.29, 0.717) is 18.2 Å². The van der Waals surface area contributed by atoms with Crippen LogP contribution >= 0.6 is 0 Å². The van der Waals surface area contributed by atoms with E-state index in [0.717, 1.165) is 43.4 Å². The number of carbonyl (C=O) groups is 1. The third-order valence-electron chi connectivity index (χ3n) is 7.36. The summed E-state index contributed by atoms with van der Waals surface area (Å²) < 4.78 is 0. The zero-order chi connectivity index (χ0) is 23.5. The first kappa shape index (κ1) is 22.8. The molecule has 178 valence electrons. The predicted octanol–water partition coefficient (Wildman–Crippen LogP) is 3.96. The van der Waals surface area contributed by atoms with Crippen molar-refractivity contribution in [3.8, 4) is 0 Å². The van der Waals surface area contributed by atoms with Crippen LogP contribution in [0.15, 0.2) is 54.6 Å². The van der Waals surface area contributed by atoms with Gasteiger partial charge in [0.1, 0.15) is 0 Å². The molecule has 5 rings (SSSR count). The molecule has 1 fully saturated rings. The Morgan fingerprint density at radius 2 is 1.85 bits per heavy atom. The van der Waals surface area contributed by atoms with Crippen LogP contribution in [0, 0.1) is 0 Å². The average Bonchev–Trinajstić information content (AvgIpc) is 3.51. The molecule has 6 heteroatoms. The molecule has 1 aromatic heterocycles. The monoisotopic (exact) mass is 458 g/mol. The van der Waals surface area contributed by atoms with Crippen LogP contribution in [0.2, 0.25) is 0 Å². The number of fused-ring (bicyclic) bond motifs is 1. The van der Waals surface area contributed by atoms with Gasteiger partial charge in [-0.05, 0) is 73.8 Å². The molecule has 3 atom stereocenters. The first-order valence-corrected chi connectivity index (χ1v) is 12.5. The molecule has 2 aliphatic rings. The minimum absolute atomic E-state index is 0.0177. The molecule has 0 radical (unpaired) electrons. The van der Waals surface area contributed by atoms with Crippen LogP contribution in [0.25, 0.3) is 0 Å². The lowest BCUT2D eigenvalue weighted by Gasteiger charge is -2.21. The summed E-state index contributed by atoms with van der Waals surface area (Å²) in [6.07, 6.45) is 6.91. The largest absolute Gasteiger partial charge is 0.387 e. The SMILES string of the molecule is CN(Cc1n[nH]c2c1CCCC2)C(=O)c1ccc(C[C@@H]2CC[C@H]([C@H](O)c3ccccc3)N2)cc1. The number of H-pyrrole nitrogens is 1. The zero-order valence-electron chi connectivity index (χ0n) is 19.8. The lowest BCUT2D eigenvalue weighted by molar-refractivity contribution is 0.0783. The standard InChI is InChI=1S/C28H34N4O2/c1-32(18-26-23-9-5-6-10-24(23)30-31-26)28(34)21-13-11-19(12-14-21)17-22-15-16-25(29-22)27(33)20-7-3-2-4-8-20/h2-4,7-8,11-14,22,25,27,29,33H,5-6,9-10,15-18H2,1H3,(H,30,31)/t22-,25+,27+/m0/s1. The molecular weight excluding hydrogens is 424 g/mol. The molecular formula is C28H34N4O2. The van der Waals surface area contributed by atoms with Gasteiger partial charge in [0, 0.05) is 30.4 Å². The summed E-state index contributed by atoms with van der Waals surface area (Å²) in [5, 5.41) is 21.9. The van der Waals surface area contributed by atoms with E-state index in [1.807, 2.05) is 49.5 Å². The minimum atomic E-state index is -0.484. The lowest BCUT2D eigenvalue weighted by Crippen LogP contribution is -2.35. The number of nitrogens with zero attached hydrogens (tertiary/aromatic N) is 2. The Morgan fingerprint density at radius 3 is 2.65 bits per heavy atom. The highest BCUT2D eigenvalue weighted by Crippen LogP contribution is 2.27. The first-order valence-electron chi connectivity index (χ1n) is 12.5. The van der Waals surface area contributed by atoms with Gasteiger partial charge < -0.3 is 15.3 Å². The Balaban J connectivity index is 1.15. The van der Waals surface area contributed by atoms with Gasteiger partial charge in [0.25, 0.3) is 5.91 Å². The molecule has 34 heavy (non-hydrogen) atoms. The molecule has 1 aliphatic heterocycles. The highest BCUT2D eigenvalue weighted by molar-refractivity contribution is 5.94. The quantitative estimate of drug-likeness (QED) is 0.501. The Morgan fingerprint density at radius 1 is 1.09 bits per heavy atom. The number of aromatic amines is 1. The molecule has 0 spiro atoms. The Hall–Kier alpha value is -2.96. The molecule has 2 aromatic carbocycles. The fourth-order valence-corrected chi connectivity index (χ4v) is 5.41. The van der Waals surface area contributed by atoms with E-state index in [4.69, 9.17) is 0 Å². The van der Waals surface area contributed by atoms with Gasteiger partial charge in [-0.25, -0.2) is 0 Å². The summed E-state index contributed by atoms with van der Waals surface area (Å²) in [5.74, 6) is 0.0177. The molecule has 3 aromatic rings. The van der Waals surface area contributed by atoms with E-state index in [1.54, 1.807) is 4.90 Å². The number of nitrogens with one attached hydrogen (secondary N) is 2. The average molecular weight is 459 g/mol. The Labute approximate surface area is 201 Å². The second-order valence-corrected chi connectivity index (χ2v) is 9.80. The number of hydrogen-bond donors (Lipinski definition) is 3. The number of hydrogen-bond acceptors (Lipinski definition) is 4. The first-order chi connectivity index (χ1) is 16.6. The van der Waals surface area contributed by atoms with Crippen LogP contribution in [0.4, 0.5) is 0 Å². The summed E-state index contributed by atoms with van der Waals surface area (Å²) in [5.41, 5.74) is 6.41. The fraction of sp³-hybridized carbons (Fsp3) is 0.429. The number of aliphatic hydroxyl groups is 1. The summed E-state index contributed by atoms with van der Waals surface area (Å²) in [6.45, 7) is 0.531. The number of rotatable bonds is 7. The van der Waals surface area contributed by atoms with Crippen molar-refractivity contribution in [2.45, 2.75) is 69.7 Å². The topological polar surface area (TPSA) is 81.2 Å². The van der Waals surface area contributed by atoms with Crippen LogP contribution < -0.4 is 5.32 Å². The van der Waals surface area contributed by atoms with Crippen molar-refractivity contribution in [1.82, 2.24) is 20.4 Å². The maximum Gasteiger partial charge on any atom is 0.253 e. The van der Waals surface area contributed by atoms with Gasteiger partial charge in [0.05, 0.1) is 18.3 Å². The van der Waals surface area contributed by atoms with E-state index in [9.17, 15) is 9.90 Å². The van der Waals surface area contributed by atoms with E-state index in [1.165, 1.54) is 29.7 Å². The number of amides is 1. The van der Waals surface area contributed by atoms with Crippen LogP contribution in [0.1, 0.15) is 70.2 Å². The van der Waals surface area contributed by atoms with E-state index in [-0.39, 0.29) is 11.9 Å². The molecule has 0 bridgehead atoms. The molecule has 0 saturated carbocycles. The summed E-state index contributed by atoms with van der Waals surface area (Å²) in [7, 11) is 1.85. The van der Waals surface area contributed by atoms with Gasteiger partial charge in [0.2, 0.25) is 0 Å². The van der Waals surface area contributed by atoms with Crippen LogP contribution in [0.5, 0.6) is 0 Å². The van der Waals surface area contributed by atoms with Crippen molar-refractivity contribution in [2.75, 3.05) is 7.05 Å². The lowest BCUT2D eigenvalue weighted by atomic mass is 9.96. The smallest absolute Gasteiger partial charge is 0.253 e. The van der Waals surface area contributed by atoms with Crippen molar-refractivity contribution >= 4 is 5.91 Å². The molecule has 3 N–H and O–H groups in total. The minimum Gasteiger partial charge on any atom is -0.387 e. The Kier molecular flexibility index (Phi) is 6.79. The van der Waals surface area contributed by atoms with Crippen molar-refractivity contribution in [2.24, 2.45) is 0 Å². The maximum atomic E-state index is 13.0. The fourth-order valence-electron chi connectivity index (χ4n) is 5.41. The van der Waals surface area contributed by atoms with Crippen LogP contribution in [-0.4, -0.2) is 45.2 Å². The van der Waals surface area contributed by atoms with Gasteiger partial charge in [0.15, 0.2) is 0 Å². The Bertz CT molecular complexity index is 1110. The number of aryl methyl sites for hydroxylation is 1. The van der Waals surface area contributed by atoms with Crippen molar-refractivity contribution in [1.29, 1.82) is 0 Å². The predicted molar refractivity (Wildman–Crippen MR) is 133 cm³/mol. The number of carbonyl (C=O) groups excluding carboxylic acids is 1. The van der Waals surface area contributed by atoms with Gasteiger partial charge >= 0.3 is 0 Å². The molecule has 1 amide bonds. The van der Waals surface area contributed by atoms with Crippen molar-refractivity contribution < 1.29 is 9.90 Å². The third kappa shape index (κ3) is 4.93. The number of benzene rings is 2. The second kappa shape index (κ2) is 10.1. The molecule has 6 nitrogen and oxygen atoms in total. The van der Waals surface area contributed by atoms with Gasteiger partial charge in [-0.3, -0.25) is 9.89 Å². The van der Waals surface area contributed by atoms with Crippen LogP contribution in [0.3, 0.4) is 0 Å². The van der Waals surface area contributed by atoms with Gasteiger partial charge in [-0.15, -0.1) is 0 Å². The molecule has 1 aliphatic carbocycles. The molecule has 0 unspecified atom stereocenters. The summed E-state index contributed by atoms with van der Waals surface area (Å²) in [6, 6.07) is 18.2. The van der Waals surface area contributed by atoms with Crippen molar-refractivity contribution in [3.63, 3.8) is 0 Å². The van der Waals surface area contributed by atoms with Crippen LogP contribution in [-0.2, 0) is 25.8 Å². The highest BCUT2D eigenvalue weighted by atomic mass is 16.3. The van der Waals surface area contributed by atoms with Gasteiger partial charge in [-0.1, -0.05) is 42.5 Å². The van der Waals surface area contributed by atoms with E-state index < -0.39 is 6.10 Å². The third-order valence-corrected chi connectivity index (χ3v) is 7.36. The normalized spacial score (nSPS) is 20.6. The second-order valence-electron chi connectivity index (χ2n) is 9.80. The number of aromatic nitrogens is 2. The molecule has 1 saturated heterocycles. The summed E-state index contributed by atoms with van der Waals surface area (Å²) >= 11 is 0. The molecule has 2 heterocycles. The van der Waals surface area contributed by atoms with E-state index in [2.05, 4.69) is 27.6 Å². The van der Waals surface area contributed by atoms with E-state index >= 15 is 0 Å². The highest BCUT2D eigenvalue weighted by Gasteiger charge is 2.30. The number of aliphatic hydroxyl groups excluding tert-OH is 1. The maximum absolute atomic E-state index is 13.0.